The first-order valence-corrected chi connectivity index (χ1v) is 9.88. The number of H-pyrrole nitrogens is 1. The summed E-state index contributed by atoms with van der Waals surface area (Å²) in [5.74, 6) is -0.0629. The third-order valence-corrected chi connectivity index (χ3v) is 5.76. The Kier molecular flexibility index (Phi) is 4.52. The van der Waals surface area contributed by atoms with Crippen molar-refractivity contribution in [3.05, 3.63) is 65.9 Å². The summed E-state index contributed by atoms with van der Waals surface area (Å²) in [4.78, 5) is 29.6. The summed E-state index contributed by atoms with van der Waals surface area (Å²) in [6.45, 7) is 1.82. The lowest BCUT2D eigenvalue weighted by molar-refractivity contribution is -0.133. The van der Waals surface area contributed by atoms with Crippen LogP contribution in [0.25, 0.3) is 10.9 Å². The number of hydrogen-bond donors (Lipinski definition) is 1. The molecule has 148 valence electrons. The highest BCUT2D eigenvalue weighted by molar-refractivity contribution is 6.04. The molecular weight excluding hydrogens is 368 g/mol. The molecule has 0 bridgehead atoms. The van der Waals surface area contributed by atoms with Gasteiger partial charge in [0.05, 0.1) is 30.7 Å². The van der Waals surface area contributed by atoms with E-state index < -0.39 is 0 Å². The highest BCUT2D eigenvalue weighted by Crippen LogP contribution is 2.27. The standard InChI is InChI=1S/C22H22N4O3/c27-20-10-11-29-19-14-25(13-18(19)26(20)12-15-6-2-1-3-7-15)22(28)21-16-8-4-5-9-17(16)23-24-21/h1-9,18-19H,10-14H2,(H,23,24)/t18-,19-/m0/s1. The van der Waals surface area contributed by atoms with Crippen molar-refractivity contribution in [3.63, 3.8) is 0 Å². The molecule has 2 aromatic carbocycles. The minimum atomic E-state index is -0.181. The number of carbonyl (C=O) groups is 2. The van der Waals surface area contributed by atoms with Crippen LogP contribution in [0, 0.1) is 0 Å². The van der Waals surface area contributed by atoms with E-state index in [1.54, 1.807) is 4.90 Å². The van der Waals surface area contributed by atoms with Gasteiger partial charge < -0.3 is 14.5 Å². The molecule has 5 rings (SSSR count). The number of fused-ring (bicyclic) bond motifs is 2. The number of benzene rings is 2. The minimum Gasteiger partial charge on any atom is -0.374 e. The zero-order chi connectivity index (χ0) is 19.8. The van der Waals surface area contributed by atoms with Gasteiger partial charge in [-0.3, -0.25) is 14.7 Å². The SMILES string of the molecule is O=C(c1n[nH]c2ccccc12)N1C[C@@H]2OCCC(=O)N(Cc3ccccc3)[C@H]2C1. The van der Waals surface area contributed by atoms with Gasteiger partial charge in [0.25, 0.3) is 5.91 Å². The largest absolute Gasteiger partial charge is 0.374 e. The number of nitrogens with zero attached hydrogens (tertiary/aromatic N) is 3. The van der Waals surface area contributed by atoms with Crippen LogP contribution in [-0.4, -0.2) is 63.7 Å². The molecule has 0 aliphatic carbocycles. The first-order valence-electron chi connectivity index (χ1n) is 9.88. The van der Waals surface area contributed by atoms with Gasteiger partial charge in [-0.15, -0.1) is 0 Å². The van der Waals surface area contributed by atoms with E-state index in [1.807, 2.05) is 59.5 Å². The second-order valence-electron chi connectivity index (χ2n) is 7.56. The van der Waals surface area contributed by atoms with E-state index in [-0.39, 0.29) is 24.0 Å². The van der Waals surface area contributed by atoms with Crippen LogP contribution in [0.2, 0.25) is 0 Å². The van der Waals surface area contributed by atoms with Crippen molar-refractivity contribution in [2.45, 2.75) is 25.1 Å². The highest BCUT2D eigenvalue weighted by atomic mass is 16.5. The second kappa shape index (κ2) is 7.33. The van der Waals surface area contributed by atoms with Crippen LogP contribution in [0.1, 0.15) is 22.5 Å². The van der Waals surface area contributed by atoms with Crippen molar-refractivity contribution < 1.29 is 14.3 Å². The maximum atomic E-state index is 13.2. The molecule has 7 heteroatoms. The number of para-hydroxylation sites is 1. The summed E-state index contributed by atoms with van der Waals surface area (Å²) in [5, 5.41) is 7.97. The van der Waals surface area contributed by atoms with Gasteiger partial charge in [0, 0.05) is 25.0 Å². The van der Waals surface area contributed by atoms with E-state index in [0.717, 1.165) is 16.5 Å². The van der Waals surface area contributed by atoms with Crippen LogP contribution in [0.4, 0.5) is 0 Å². The maximum absolute atomic E-state index is 13.2. The van der Waals surface area contributed by atoms with Crippen LogP contribution in [0.5, 0.6) is 0 Å². The van der Waals surface area contributed by atoms with E-state index in [0.29, 0.717) is 38.4 Å². The third-order valence-electron chi connectivity index (χ3n) is 5.76. The number of likely N-dealkylation sites (tertiary alicyclic amines) is 1. The molecule has 2 saturated heterocycles. The molecule has 0 radical (unpaired) electrons. The summed E-state index contributed by atoms with van der Waals surface area (Å²) in [6.07, 6.45) is 0.192. The number of aromatic nitrogens is 2. The summed E-state index contributed by atoms with van der Waals surface area (Å²) < 4.78 is 5.97. The molecule has 2 atom stereocenters. The van der Waals surface area contributed by atoms with Gasteiger partial charge in [-0.25, -0.2) is 0 Å². The number of aromatic amines is 1. The highest BCUT2D eigenvalue weighted by Gasteiger charge is 2.43. The number of ether oxygens (including phenoxy) is 1. The summed E-state index contributed by atoms with van der Waals surface area (Å²) >= 11 is 0. The van der Waals surface area contributed by atoms with Gasteiger partial charge in [-0.05, 0) is 11.6 Å². The Labute approximate surface area is 168 Å². The molecule has 2 amide bonds. The lowest BCUT2D eigenvalue weighted by Crippen LogP contribution is -2.45. The fourth-order valence-electron chi connectivity index (χ4n) is 4.27. The van der Waals surface area contributed by atoms with E-state index in [2.05, 4.69) is 10.2 Å². The number of rotatable bonds is 3. The molecule has 3 heterocycles. The van der Waals surface area contributed by atoms with Crippen molar-refractivity contribution in [1.82, 2.24) is 20.0 Å². The predicted molar refractivity (Wildman–Crippen MR) is 107 cm³/mol. The fourth-order valence-corrected chi connectivity index (χ4v) is 4.27. The number of nitrogens with one attached hydrogen (secondary N) is 1. The molecule has 2 aliphatic rings. The Balaban J connectivity index is 1.40. The topological polar surface area (TPSA) is 78.5 Å². The van der Waals surface area contributed by atoms with Gasteiger partial charge in [0.2, 0.25) is 5.91 Å². The van der Waals surface area contributed by atoms with E-state index in [1.165, 1.54) is 0 Å². The average Bonchev–Trinajstić information content (AvgIpc) is 3.33. The lowest BCUT2D eigenvalue weighted by atomic mass is 10.1. The molecule has 1 aromatic heterocycles. The summed E-state index contributed by atoms with van der Waals surface area (Å²) in [6, 6.07) is 17.4. The second-order valence-corrected chi connectivity index (χ2v) is 7.56. The normalized spacial score (nSPS) is 22.0. The van der Waals surface area contributed by atoms with Gasteiger partial charge in [-0.2, -0.15) is 5.10 Å². The van der Waals surface area contributed by atoms with Crippen molar-refractivity contribution >= 4 is 22.7 Å². The van der Waals surface area contributed by atoms with Gasteiger partial charge in [-0.1, -0.05) is 48.5 Å². The van der Waals surface area contributed by atoms with Crippen LogP contribution in [0.3, 0.4) is 0 Å². The first-order chi connectivity index (χ1) is 14.2. The minimum absolute atomic E-state index is 0.0703. The smallest absolute Gasteiger partial charge is 0.275 e. The molecule has 2 aliphatic heterocycles. The Bertz CT molecular complexity index is 1050. The monoisotopic (exact) mass is 390 g/mol. The molecule has 0 saturated carbocycles. The molecule has 29 heavy (non-hydrogen) atoms. The third kappa shape index (κ3) is 3.27. The van der Waals surface area contributed by atoms with E-state index in [4.69, 9.17) is 4.74 Å². The van der Waals surface area contributed by atoms with Gasteiger partial charge in [0.1, 0.15) is 0 Å². The van der Waals surface area contributed by atoms with Crippen LogP contribution in [-0.2, 0) is 16.1 Å². The summed E-state index contributed by atoms with van der Waals surface area (Å²) in [7, 11) is 0. The Hall–Kier alpha value is -3.19. The number of carbonyl (C=O) groups excluding carboxylic acids is 2. The predicted octanol–water partition coefficient (Wildman–Crippen LogP) is 2.21. The number of amides is 2. The zero-order valence-corrected chi connectivity index (χ0v) is 16.0. The number of hydrogen-bond acceptors (Lipinski definition) is 4. The summed E-state index contributed by atoms with van der Waals surface area (Å²) in [5.41, 5.74) is 2.32. The molecule has 7 nitrogen and oxygen atoms in total. The van der Waals surface area contributed by atoms with Crippen molar-refractivity contribution in [1.29, 1.82) is 0 Å². The maximum Gasteiger partial charge on any atom is 0.275 e. The molecule has 1 N–H and O–H groups in total. The Morgan fingerprint density at radius 1 is 1.10 bits per heavy atom. The Morgan fingerprint density at radius 3 is 2.76 bits per heavy atom. The van der Waals surface area contributed by atoms with Crippen molar-refractivity contribution in [2.24, 2.45) is 0 Å². The Morgan fingerprint density at radius 2 is 1.90 bits per heavy atom. The van der Waals surface area contributed by atoms with E-state index >= 15 is 0 Å². The van der Waals surface area contributed by atoms with Crippen LogP contribution < -0.4 is 0 Å². The first kappa shape index (κ1) is 17.9. The van der Waals surface area contributed by atoms with Crippen molar-refractivity contribution in [3.8, 4) is 0 Å². The van der Waals surface area contributed by atoms with Crippen LogP contribution >= 0.6 is 0 Å². The average molecular weight is 390 g/mol. The molecule has 2 fully saturated rings. The molecular formula is C22H22N4O3. The fraction of sp³-hybridized carbons (Fsp3) is 0.318. The zero-order valence-electron chi connectivity index (χ0n) is 16.0. The quantitative estimate of drug-likeness (QED) is 0.744. The van der Waals surface area contributed by atoms with Crippen LogP contribution in [0.15, 0.2) is 54.6 Å². The lowest BCUT2D eigenvalue weighted by Gasteiger charge is -2.29. The van der Waals surface area contributed by atoms with Gasteiger partial charge in [0.15, 0.2) is 5.69 Å². The van der Waals surface area contributed by atoms with E-state index in [9.17, 15) is 9.59 Å². The molecule has 0 unspecified atom stereocenters. The van der Waals surface area contributed by atoms with Crippen molar-refractivity contribution in [2.75, 3.05) is 19.7 Å². The molecule has 0 spiro atoms. The van der Waals surface area contributed by atoms with Gasteiger partial charge >= 0.3 is 0 Å². The molecule has 3 aromatic rings.